The topological polar surface area (TPSA) is 136 Å². The monoisotopic (exact) mass is 496 g/mol. The minimum absolute atomic E-state index is 0.00876. The highest BCUT2D eigenvalue weighted by Gasteiger charge is 2.25. The molecular weight excluding hydrogens is 482 g/mol. The first-order valence-electron chi connectivity index (χ1n) is 8.97. The summed E-state index contributed by atoms with van der Waals surface area (Å²) in [6, 6.07) is 6.57. The smallest absolute Gasteiger partial charge is 0.263 e. The van der Waals surface area contributed by atoms with Crippen LogP contribution >= 0.6 is 23.2 Å². The molecule has 0 saturated carbocycles. The van der Waals surface area contributed by atoms with E-state index in [2.05, 4.69) is 19.8 Å². The molecule has 0 atom stereocenters. The number of aliphatic hydroxyl groups excluding tert-OH is 1. The van der Waals surface area contributed by atoms with Gasteiger partial charge in [0.1, 0.15) is 22.7 Å². The molecule has 0 aliphatic rings. The van der Waals surface area contributed by atoms with Crippen LogP contribution in [0.3, 0.4) is 0 Å². The van der Waals surface area contributed by atoms with E-state index < -0.39 is 27.3 Å². The van der Waals surface area contributed by atoms with Gasteiger partial charge in [-0.1, -0.05) is 29.3 Å². The number of nitrogens with zero attached hydrogens (tertiary/aromatic N) is 4. The second kappa shape index (κ2) is 8.17. The molecule has 0 aliphatic carbocycles. The molecule has 0 aliphatic heterocycles. The van der Waals surface area contributed by atoms with Crippen LogP contribution in [0.2, 0.25) is 10.0 Å². The molecule has 0 saturated heterocycles. The van der Waals surface area contributed by atoms with Gasteiger partial charge < -0.3 is 10.8 Å². The fraction of sp³-hybridized carbons (Fsp3) is 0.105. The Morgan fingerprint density at radius 1 is 1.25 bits per heavy atom. The molecule has 0 amide bonds. The van der Waals surface area contributed by atoms with Crippen LogP contribution in [0.5, 0.6) is 0 Å². The van der Waals surface area contributed by atoms with Gasteiger partial charge in [0.15, 0.2) is 11.5 Å². The minimum Gasteiger partial charge on any atom is -0.392 e. The third-order valence-corrected chi connectivity index (χ3v) is 6.85. The Morgan fingerprint density at radius 2 is 2.00 bits per heavy atom. The van der Waals surface area contributed by atoms with Crippen LogP contribution < -0.4 is 10.5 Å². The Labute approximate surface area is 191 Å². The van der Waals surface area contributed by atoms with Crippen molar-refractivity contribution in [2.45, 2.75) is 11.5 Å². The molecular formula is C19H15Cl2FN6O3S. The number of nitrogen functional groups attached to an aromatic ring is 1. The molecule has 0 unspecified atom stereocenters. The highest BCUT2D eigenvalue weighted by atomic mass is 35.5. The van der Waals surface area contributed by atoms with Crippen molar-refractivity contribution in [2.24, 2.45) is 7.05 Å². The van der Waals surface area contributed by atoms with Gasteiger partial charge in [0.2, 0.25) is 0 Å². The zero-order chi connectivity index (χ0) is 23.2. The van der Waals surface area contributed by atoms with Crippen LogP contribution in [-0.2, 0) is 23.7 Å². The van der Waals surface area contributed by atoms with Crippen LogP contribution in [-0.4, -0.2) is 33.3 Å². The van der Waals surface area contributed by atoms with E-state index in [1.54, 1.807) is 7.05 Å². The first-order valence-corrected chi connectivity index (χ1v) is 11.2. The van der Waals surface area contributed by atoms with Crippen LogP contribution in [0.25, 0.3) is 22.3 Å². The number of aromatic nitrogens is 4. The number of aliphatic hydroxyl groups is 1. The second-order valence-corrected chi connectivity index (χ2v) is 9.20. The molecule has 0 bridgehead atoms. The number of hydrogen-bond donors (Lipinski definition) is 3. The van der Waals surface area contributed by atoms with Crippen molar-refractivity contribution in [2.75, 3.05) is 10.5 Å². The quantitative estimate of drug-likeness (QED) is 0.385. The summed E-state index contributed by atoms with van der Waals surface area (Å²) in [6.07, 6.45) is 1.26. The summed E-state index contributed by atoms with van der Waals surface area (Å²) in [6.45, 7) is -0.526. The molecule has 32 heavy (non-hydrogen) atoms. The number of aryl methyl sites for hydroxylation is 1. The van der Waals surface area contributed by atoms with E-state index in [1.165, 1.54) is 35.3 Å². The zero-order valence-corrected chi connectivity index (χ0v) is 18.7. The van der Waals surface area contributed by atoms with Crippen molar-refractivity contribution in [1.82, 2.24) is 19.7 Å². The summed E-state index contributed by atoms with van der Waals surface area (Å²) in [7, 11) is -2.74. The number of fused-ring (bicyclic) bond motifs is 1. The second-order valence-electron chi connectivity index (χ2n) is 6.74. The van der Waals surface area contributed by atoms with Crippen LogP contribution in [0.1, 0.15) is 5.56 Å². The molecule has 2 aromatic carbocycles. The fourth-order valence-corrected chi connectivity index (χ4v) is 5.21. The molecule has 9 nitrogen and oxygen atoms in total. The maximum atomic E-state index is 15.4. The van der Waals surface area contributed by atoms with E-state index in [-0.39, 0.29) is 38.4 Å². The van der Waals surface area contributed by atoms with E-state index in [4.69, 9.17) is 28.9 Å². The number of benzene rings is 2. The van der Waals surface area contributed by atoms with Crippen LogP contribution in [0.15, 0.2) is 41.6 Å². The molecule has 4 N–H and O–H groups in total. The number of rotatable bonds is 5. The number of nitrogens with two attached hydrogens (primary N) is 1. The van der Waals surface area contributed by atoms with Crippen LogP contribution in [0, 0.1) is 5.82 Å². The number of nitrogens with one attached hydrogen (secondary N) is 1. The van der Waals surface area contributed by atoms with Gasteiger partial charge in [-0.05, 0) is 29.8 Å². The molecule has 2 aromatic heterocycles. The standard InChI is InChI=1S/C19H15Cl2FN6O3S/c1-28-19-14(18(23)24-8-25-19)17(26-28)11-3-2-4-12(16(11)22)27-32(30,31)13-6-10(20)5-9(7-29)15(13)21/h2-6,8,27,29H,7H2,1H3,(H2,23,24,25). The summed E-state index contributed by atoms with van der Waals surface area (Å²) in [5.74, 6) is -0.786. The average molecular weight is 497 g/mol. The maximum Gasteiger partial charge on any atom is 0.263 e. The lowest BCUT2D eigenvalue weighted by atomic mass is 10.1. The van der Waals surface area contributed by atoms with Gasteiger partial charge in [0, 0.05) is 17.6 Å². The highest BCUT2D eigenvalue weighted by Crippen LogP contribution is 2.35. The average Bonchev–Trinajstić information content (AvgIpc) is 3.08. The van der Waals surface area contributed by atoms with Crippen LogP contribution in [0.4, 0.5) is 15.9 Å². The first-order chi connectivity index (χ1) is 15.1. The molecule has 4 aromatic rings. The summed E-state index contributed by atoms with van der Waals surface area (Å²) < 4.78 is 44.9. The van der Waals surface area contributed by atoms with E-state index >= 15 is 4.39 Å². The van der Waals surface area contributed by atoms with E-state index in [1.807, 2.05) is 0 Å². The van der Waals surface area contributed by atoms with Crippen molar-refractivity contribution in [3.8, 4) is 11.3 Å². The molecule has 2 heterocycles. The van der Waals surface area contributed by atoms with Gasteiger partial charge in [-0.2, -0.15) is 5.10 Å². The van der Waals surface area contributed by atoms with Gasteiger partial charge in [-0.15, -0.1) is 0 Å². The van der Waals surface area contributed by atoms with Crippen molar-refractivity contribution in [3.63, 3.8) is 0 Å². The Kier molecular flexibility index (Phi) is 5.67. The van der Waals surface area contributed by atoms with Crippen molar-refractivity contribution in [3.05, 3.63) is 58.1 Å². The molecule has 13 heteroatoms. The lowest BCUT2D eigenvalue weighted by Crippen LogP contribution is -2.15. The highest BCUT2D eigenvalue weighted by molar-refractivity contribution is 7.92. The van der Waals surface area contributed by atoms with Gasteiger partial charge >= 0.3 is 0 Å². The number of sulfonamides is 1. The Morgan fingerprint density at radius 3 is 2.72 bits per heavy atom. The Balaban J connectivity index is 1.83. The number of hydrogen-bond acceptors (Lipinski definition) is 7. The largest absolute Gasteiger partial charge is 0.392 e. The minimum atomic E-state index is -4.36. The summed E-state index contributed by atoms with van der Waals surface area (Å²) >= 11 is 12.1. The summed E-state index contributed by atoms with van der Waals surface area (Å²) in [4.78, 5) is 7.62. The van der Waals surface area contributed by atoms with Gasteiger partial charge in [-0.25, -0.2) is 27.5 Å². The molecule has 0 spiro atoms. The SMILES string of the molecule is Cn1nc(-c2cccc(NS(=O)(=O)c3cc(Cl)cc(CO)c3Cl)c2F)c2c(N)ncnc21. The summed E-state index contributed by atoms with van der Waals surface area (Å²) in [5.41, 5.74) is 6.25. The lowest BCUT2D eigenvalue weighted by Gasteiger charge is -2.14. The molecule has 0 radical (unpaired) electrons. The first kappa shape index (κ1) is 22.2. The third-order valence-electron chi connectivity index (χ3n) is 4.69. The fourth-order valence-electron chi connectivity index (χ4n) is 3.22. The van der Waals surface area contributed by atoms with Gasteiger partial charge in [-0.3, -0.25) is 4.72 Å². The Hall–Kier alpha value is -2.99. The van der Waals surface area contributed by atoms with Gasteiger partial charge in [0.25, 0.3) is 10.0 Å². The van der Waals surface area contributed by atoms with Gasteiger partial charge in [0.05, 0.1) is 22.7 Å². The van der Waals surface area contributed by atoms with E-state index in [0.717, 1.165) is 6.07 Å². The number of anilines is 2. The van der Waals surface area contributed by atoms with Crippen molar-refractivity contribution in [1.29, 1.82) is 0 Å². The third kappa shape index (κ3) is 3.73. The van der Waals surface area contributed by atoms with Crippen molar-refractivity contribution >= 4 is 55.8 Å². The molecule has 166 valence electrons. The van der Waals surface area contributed by atoms with E-state index in [0.29, 0.717) is 11.0 Å². The van der Waals surface area contributed by atoms with Crippen molar-refractivity contribution < 1.29 is 17.9 Å². The van der Waals surface area contributed by atoms with E-state index in [9.17, 15) is 13.5 Å². The molecule has 0 fully saturated rings. The predicted molar refractivity (Wildman–Crippen MR) is 119 cm³/mol. The maximum absolute atomic E-state index is 15.4. The predicted octanol–water partition coefficient (Wildman–Crippen LogP) is 3.35. The lowest BCUT2D eigenvalue weighted by molar-refractivity contribution is 0.281. The normalized spacial score (nSPS) is 11.8. The number of halogens is 3. The zero-order valence-electron chi connectivity index (χ0n) is 16.3. The molecule has 4 rings (SSSR count). The Bertz CT molecular complexity index is 1480. The summed E-state index contributed by atoms with van der Waals surface area (Å²) in [5, 5.41) is 13.8.